The van der Waals surface area contributed by atoms with Crippen molar-refractivity contribution in [1.29, 1.82) is 0 Å². The summed E-state index contributed by atoms with van der Waals surface area (Å²) in [7, 11) is -5.81. The highest BCUT2D eigenvalue weighted by atomic mass is 35.5. The third-order valence-corrected chi connectivity index (χ3v) is 2.52. The zero-order chi connectivity index (χ0) is 12.6. The first-order chi connectivity index (χ1) is 7.12. The van der Waals surface area contributed by atoms with Crippen molar-refractivity contribution in [3.8, 4) is 5.75 Å². The number of benzene rings is 1. The highest BCUT2D eigenvalue weighted by molar-refractivity contribution is 7.87. The number of hydrogen-bond donors (Lipinski definition) is 0. The van der Waals surface area contributed by atoms with Crippen LogP contribution in [0.5, 0.6) is 5.75 Å². The number of alkyl halides is 3. The Kier molecular flexibility index (Phi) is 3.34. The zero-order valence-corrected chi connectivity index (χ0v) is 8.83. The lowest BCUT2D eigenvalue weighted by atomic mass is 10.3. The maximum absolute atomic E-state index is 12.7. The Morgan fingerprint density at radius 3 is 2.19 bits per heavy atom. The van der Waals surface area contributed by atoms with E-state index in [2.05, 4.69) is 4.18 Å². The predicted molar refractivity (Wildman–Crippen MR) is 47.0 cm³/mol. The second kappa shape index (κ2) is 4.10. The normalized spacial score (nSPS) is 12.6. The van der Waals surface area contributed by atoms with Gasteiger partial charge in [0.05, 0.1) is 0 Å². The Hall–Kier alpha value is -1.02. The Bertz CT molecular complexity index is 477. The molecule has 0 fully saturated rings. The summed E-state index contributed by atoms with van der Waals surface area (Å²) in [5.74, 6) is -1.86. The van der Waals surface area contributed by atoms with Crippen LogP contribution in [0.1, 0.15) is 0 Å². The molecule has 0 aliphatic carbocycles. The Morgan fingerprint density at radius 1 is 1.19 bits per heavy atom. The molecule has 0 atom stereocenters. The van der Waals surface area contributed by atoms with Gasteiger partial charge >= 0.3 is 15.6 Å². The molecule has 0 saturated carbocycles. The molecule has 0 aliphatic rings. The first kappa shape index (κ1) is 13.0. The van der Waals surface area contributed by atoms with Gasteiger partial charge in [-0.25, -0.2) is 4.39 Å². The minimum atomic E-state index is -5.81. The second-order valence-corrected chi connectivity index (χ2v) is 4.56. The molecule has 0 heterocycles. The van der Waals surface area contributed by atoms with Gasteiger partial charge < -0.3 is 4.18 Å². The van der Waals surface area contributed by atoms with Gasteiger partial charge in [-0.15, -0.1) is 0 Å². The zero-order valence-electron chi connectivity index (χ0n) is 7.25. The summed E-state index contributed by atoms with van der Waals surface area (Å²) in [5.41, 5.74) is -5.58. The second-order valence-electron chi connectivity index (χ2n) is 2.59. The van der Waals surface area contributed by atoms with Crippen LogP contribution in [0.4, 0.5) is 17.6 Å². The van der Waals surface area contributed by atoms with Crippen molar-refractivity contribution in [2.45, 2.75) is 5.51 Å². The standard InChI is InChI=1S/C7H3ClF4O3S/c8-4-1-5(9)3-6(2-4)15-16(13,14)7(10,11)12/h1-3H. The van der Waals surface area contributed by atoms with Crippen molar-refractivity contribution in [1.82, 2.24) is 0 Å². The average Bonchev–Trinajstić information content (AvgIpc) is 1.97. The molecule has 3 nitrogen and oxygen atoms in total. The van der Waals surface area contributed by atoms with Crippen molar-refractivity contribution >= 4 is 21.7 Å². The van der Waals surface area contributed by atoms with Crippen LogP contribution < -0.4 is 4.18 Å². The van der Waals surface area contributed by atoms with E-state index in [1.807, 2.05) is 0 Å². The molecule has 0 unspecified atom stereocenters. The Labute approximate surface area is 92.7 Å². The van der Waals surface area contributed by atoms with Crippen LogP contribution in [0.15, 0.2) is 18.2 Å². The van der Waals surface area contributed by atoms with E-state index in [9.17, 15) is 26.0 Å². The summed E-state index contributed by atoms with van der Waals surface area (Å²) in [6.45, 7) is 0. The van der Waals surface area contributed by atoms with E-state index in [0.29, 0.717) is 6.07 Å². The SMILES string of the molecule is O=S(=O)(Oc1cc(F)cc(Cl)c1)C(F)(F)F. The predicted octanol–water partition coefficient (Wildman–Crippen LogP) is 2.71. The summed E-state index contributed by atoms with van der Waals surface area (Å²) in [4.78, 5) is 0. The summed E-state index contributed by atoms with van der Waals surface area (Å²) in [6, 6.07) is 2.00. The van der Waals surface area contributed by atoms with E-state index in [0.717, 1.165) is 12.1 Å². The molecule has 0 saturated heterocycles. The fourth-order valence-electron chi connectivity index (χ4n) is 0.751. The summed E-state index contributed by atoms with van der Waals surface area (Å²) >= 11 is 5.30. The molecule has 90 valence electrons. The first-order valence-corrected chi connectivity index (χ1v) is 5.37. The lowest BCUT2D eigenvalue weighted by molar-refractivity contribution is -0.0500. The van der Waals surface area contributed by atoms with Crippen LogP contribution in [0, 0.1) is 5.82 Å². The average molecular weight is 279 g/mol. The number of rotatable bonds is 2. The maximum atomic E-state index is 12.7. The van der Waals surface area contributed by atoms with Gasteiger partial charge in [0, 0.05) is 17.2 Å². The quantitative estimate of drug-likeness (QED) is 0.475. The molecule has 1 aromatic carbocycles. The van der Waals surface area contributed by atoms with Gasteiger partial charge in [-0.2, -0.15) is 21.6 Å². The van der Waals surface area contributed by atoms with E-state index >= 15 is 0 Å². The number of halogens is 5. The molecule has 16 heavy (non-hydrogen) atoms. The smallest absolute Gasteiger partial charge is 0.376 e. The van der Waals surface area contributed by atoms with Crippen LogP contribution in [0.2, 0.25) is 5.02 Å². The molecular formula is C7H3ClF4O3S. The Morgan fingerprint density at radius 2 is 1.75 bits per heavy atom. The van der Waals surface area contributed by atoms with Crippen LogP contribution in [0.3, 0.4) is 0 Å². The lowest BCUT2D eigenvalue weighted by Gasteiger charge is -2.09. The molecule has 0 aromatic heterocycles. The molecule has 0 bridgehead atoms. The van der Waals surface area contributed by atoms with Crippen molar-refractivity contribution in [2.75, 3.05) is 0 Å². The maximum Gasteiger partial charge on any atom is 0.534 e. The molecule has 0 aliphatic heterocycles. The molecule has 9 heteroatoms. The fourth-order valence-corrected chi connectivity index (χ4v) is 1.41. The van der Waals surface area contributed by atoms with Gasteiger partial charge in [-0.05, 0) is 6.07 Å². The molecule has 0 amide bonds. The third-order valence-electron chi connectivity index (χ3n) is 1.33. The van der Waals surface area contributed by atoms with E-state index in [4.69, 9.17) is 11.6 Å². The first-order valence-electron chi connectivity index (χ1n) is 3.59. The van der Waals surface area contributed by atoms with E-state index in [-0.39, 0.29) is 5.02 Å². The monoisotopic (exact) mass is 278 g/mol. The van der Waals surface area contributed by atoms with Gasteiger partial charge in [0.15, 0.2) is 0 Å². The van der Waals surface area contributed by atoms with Crippen molar-refractivity contribution < 1.29 is 30.2 Å². The molecular weight excluding hydrogens is 276 g/mol. The van der Waals surface area contributed by atoms with E-state index in [1.165, 1.54) is 0 Å². The van der Waals surface area contributed by atoms with Crippen LogP contribution in [-0.2, 0) is 10.1 Å². The largest absolute Gasteiger partial charge is 0.534 e. The summed E-state index contributed by atoms with van der Waals surface area (Å²) in [6.07, 6.45) is 0. The Balaban J connectivity index is 3.07. The van der Waals surface area contributed by atoms with Crippen LogP contribution in [0.25, 0.3) is 0 Å². The topological polar surface area (TPSA) is 43.4 Å². The summed E-state index contributed by atoms with van der Waals surface area (Å²) in [5, 5.41) is -0.285. The van der Waals surface area contributed by atoms with Gasteiger partial charge in [0.2, 0.25) is 0 Å². The molecule has 0 radical (unpaired) electrons. The van der Waals surface area contributed by atoms with Gasteiger partial charge in [-0.1, -0.05) is 11.6 Å². The highest BCUT2D eigenvalue weighted by Crippen LogP contribution is 2.28. The molecule has 0 N–H and O–H groups in total. The van der Waals surface area contributed by atoms with Gasteiger partial charge in [0.1, 0.15) is 11.6 Å². The van der Waals surface area contributed by atoms with Crippen molar-refractivity contribution in [3.05, 3.63) is 29.0 Å². The summed E-state index contributed by atoms with van der Waals surface area (Å²) < 4.78 is 73.0. The highest BCUT2D eigenvalue weighted by Gasteiger charge is 2.48. The van der Waals surface area contributed by atoms with E-state index in [1.54, 1.807) is 0 Å². The fraction of sp³-hybridized carbons (Fsp3) is 0.143. The molecule has 1 aromatic rings. The van der Waals surface area contributed by atoms with Crippen molar-refractivity contribution in [3.63, 3.8) is 0 Å². The minimum absolute atomic E-state index is 0.285. The van der Waals surface area contributed by atoms with Crippen LogP contribution >= 0.6 is 11.6 Å². The number of hydrogen-bond acceptors (Lipinski definition) is 3. The van der Waals surface area contributed by atoms with Crippen molar-refractivity contribution in [2.24, 2.45) is 0 Å². The molecule has 0 spiro atoms. The van der Waals surface area contributed by atoms with Gasteiger partial charge in [0.25, 0.3) is 0 Å². The van der Waals surface area contributed by atoms with Crippen LogP contribution in [-0.4, -0.2) is 13.9 Å². The minimum Gasteiger partial charge on any atom is -0.376 e. The van der Waals surface area contributed by atoms with E-state index < -0.39 is 27.2 Å². The third kappa shape index (κ3) is 2.99. The van der Waals surface area contributed by atoms with Gasteiger partial charge in [-0.3, -0.25) is 0 Å². The lowest BCUT2D eigenvalue weighted by Crippen LogP contribution is -2.28. The molecule has 1 rings (SSSR count).